The van der Waals surface area contributed by atoms with Crippen LogP contribution in [0.2, 0.25) is 0 Å². The van der Waals surface area contributed by atoms with E-state index in [2.05, 4.69) is 31.1 Å². The summed E-state index contributed by atoms with van der Waals surface area (Å²) in [5.74, 6) is -0.316. The zero-order valence-electron chi connectivity index (χ0n) is 16.1. The van der Waals surface area contributed by atoms with Crippen molar-refractivity contribution < 1.29 is 9.13 Å². The normalized spacial score (nSPS) is 12.0. The minimum Gasteiger partial charge on any atom is -0.383 e. The highest BCUT2D eigenvalue weighted by molar-refractivity contribution is 5.81. The Morgan fingerprint density at radius 3 is 2.59 bits per heavy atom. The summed E-state index contributed by atoms with van der Waals surface area (Å²) in [4.78, 5) is 15.5. The summed E-state index contributed by atoms with van der Waals surface area (Å²) >= 11 is 0. The molecule has 0 bridgehead atoms. The number of benzene rings is 1. The van der Waals surface area contributed by atoms with E-state index in [4.69, 9.17) is 9.84 Å². The molecule has 0 aliphatic rings. The number of ether oxygens (including phenoxy) is 1. The number of nitrogens with one attached hydrogen (secondary N) is 2. The molecule has 0 fully saturated rings. The van der Waals surface area contributed by atoms with Crippen LogP contribution in [0.25, 0.3) is 16.7 Å². The lowest BCUT2D eigenvalue weighted by atomic mass is 9.90. The molecule has 0 aliphatic heterocycles. The average molecular weight is 372 g/mol. The van der Waals surface area contributed by atoms with E-state index in [1.54, 1.807) is 23.9 Å². The number of hydrogen-bond acceptors (Lipinski definition) is 4. The van der Waals surface area contributed by atoms with E-state index in [0.717, 1.165) is 11.1 Å². The average Bonchev–Trinajstić information content (AvgIpc) is 2.98. The number of fused-ring (bicyclic) bond motifs is 1. The van der Waals surface area contributed by atoms with Crippen LogP contribution in [0, 0.1) is 5.82 Å². The second kappa shape index (κ2) is 7.62. The van der Waals surface area contributed by atoms with E-state index in [1.165, 1.54) is 12.1 Å². The summed E-state index contributed by atoms with van der Waals surface area (Å²) in [7, 11) is 1.64. The van der Waals surface area contributed by atoms with Crippen LogP contribution in [-0.4, -0.2) is 35.0 Å². The van der Waals surface area contributed by atoms with Gasteiger partial charge in [-0.15, -0.1) is 0 Å². The first kappa shape index (κ1) is 19.3. The first-order valence-electron chi connectivity index (χ1n) is 8.92. The fourth-order valence-corrected chi connectivity index (χ4v) is 2.97. The molecule has 27 heavy (non-hydrogen) atoms. The van der Waals surface area contributed by atoms with Crippen molar-refractivity contribution in [3.8, 4) is 5.69 Å². The van der Waals surface area contributed by atoms with Crippen molar-refractivity contribution in [2.75, 3.05) is 20.3 Å². The predicted molar refractivity (Wildman–Crippen MR) is 104 cm³/mol. The highest BCUT2D eigenvalue weighted by Crippen LogP contribution is 2.29. The molecule has 0 spiro atoms. The fourth-order valence-electron chi connectivity index (χ4n) is 2.97. The van der Waals surface area contributed by atoms with Crippen LogP contribution in [0.1, 0.15) is 32.0 Å². The van der Waals surface area contributed by atoms with Gasteiger partial charge in [0, 0.05) is 36.6 Å². The van der Waals surface area contributed by atoms with Crippen LogP contribution in [0.5, 0.6) is 0 Å². The molecule has 0 saturated carbocycles. The third kappa shape index (κ3) is 4.09. The minimum absolute atomic E-state index is 0.170. The molecule has 144 valence electrons. The highest BCUT2D eigenvalue weighted by Gasteiger charge is 2.24. The maximum Gasteiger partial charge on any atom is 0.254 e. The molecule has 1 aromatic carbocycles. The van der Waals surface area contributed by atoms with E-state index < -0.39 is 0 Å². The molecule has 2 N–H and O–H groups in total. The van der Waals surface area contributed by atoms with E-state index in [1.807, 2.05) is 6.07 Å². The van der Waals surface area contributed by atoms with Crippen LogP contribution in [0.4, 0.5) is 4.39 Å². The number of aromatic nitrogens is 3. The molecule has 6 nitrogen and oxygen atoms in total. The molecule has 0 saturated heterocycles. The van der Waals surface area contributed by atoms with Crippen LogP contribution in [-0.2, 0) is 16.7 Å². The van der Waals surface area contributed by atoms with Gasteiger partial charge in [-0.25, -0.2) is 9.07 Å². The Morgan fingerprint density at radius 1 is 1.26 bits per heavy atom. The third-order valence-electron chi connectivity index (χ3n) is 4.34. The Hall–Kier alpha value is -2.51. The Bertz CT molecular complexity index is 984. The van der Waals surface area contributed by atoms with Crippen LogP contribution in [0.15, 0.2) is 35.1 Å². The Kier molecular flexibility index (Phi) is 5.43. The number of halogens is 1. The van der Waals surface area contributed by atoms with Crippen molar-refractivity contribution in [1.29, 1.82) is 0 Å². The molecule has 0 aliphatic carbocycles. The molecule has 0 radical (unpaired) electrons. The summed E-state index contributed by atoms with van der Waals surface area (Å²) in [5.41, 5.74) is 2.42. The van der Waals surface area contributed by atoms with Crippen molar-refractivity contribution in [3.63, 3.8) is 0 Å². The van der Waals surface area contributed by atoms with Gasteiger partial charge >= 0.3 is 0 Å². The van der Waals surface area contributed by atoms with Crippen LogP contribution < -0.4 is 10.9 Å². The largest absolute Gasteiger partial charge is 0.383 e. The van der Waals surface area contributed by atoms with Crippen LogP contribution in [0.3, 0.4) is 0 Å². The van der Waals surface area contributed by atoms with Crippen molar-refractivity contribution in [2.45, 2.75) is 32.7 Å². The van der Waals surface area contributed by atoms with E-state index >= 15 is 0 Å². The molecule has 0 unspecified atom stereocenters. The predicted octanol–water partition coefficient (Wildman–Crippen LogP) is 2.89. The molecular weight excluding hydrogens is 347 g/mol. The van der Waals surface area contributed by atoms with E-state index in [0.29, 0.717) is 36.6 Å². The minimum atomic E-state index is -0.316. The molecule has 2 aromatic heterocycles. The summed E-state index contributed by atoms with van der Waals surface area (Å²) in [5, 5.41) is 8.82. The quantitative estimate of drug-likeness (QED) is 0.653. The van der Waals surface area contributed by atoms with Crippen molar-refractivity contribution in [1.82, 2.24) is 20.1 Å². The zero-order chi connectivity index (χ0) is 19.6. The number of nitrogens with zero attached hydrogens (tertiary/aromatic N) is 2. The summed E-state index contributed by atoms with van der Waals surface area (Å²) < 4.78 is 20.0. The number of methoxy groups -OCH3 is 1. The van der Waals surface area contributed by atoms with Gasteiger partial charge in [0.25, 0.3) is 5.56 Å². The maximum atomic E-state index is 13.3. The Morgan fingerprint density at radius 2 is 1.96 bits per heavy atom. The van der Waals surface area contributed by atoms with Gasteiger partial charge < -0.3 is 15.0 Å². The number of pyridine rings is 1. The van der Waals surface area contributed by atoms with Crippen LogP contribution >= 0.6 is 0 Å². The van der Waals surface area contributed by atoms with Crippen molar-refractivity contribution >= 4 is 11.0 Å². The standard InChI is InChI=1S/C20H25FN4O2/c1-20(2,3)17-16-11-13(12-22-9-10-27-4)19(26)23-18(16)25(24-17)15-7-5-14(21)6-8-15/h5-8,11,22H,9-10,12H2,1-4H3,(H,23,26). The van der Waals surface area contributed by atoms with E-state index in [-0.39, 0.29) is 16.8 Å². The van der Waals surface area contributed by atoms with Gasteiger partial charge in [-0.2, -0.15) is 5.10 Å². The smallest absolute Gasteiger partial charge is 0.254 e. The van der Waals surface area contributed by atoms with Crippen molar-refractivity contribution in [3.05, 3.63) is 57.8 Å². The molecule has 2 heterocycles. The van der Waals surface area contributed by atoms with Gasteiger partial charge in [0.05, 0.1) is 18.0 Å². The molecule has 0 amide bonds. The lowest BCUT2D eigenvalue weighted by Gasteiger charge is -2.15. The highest BCUT2D eigenvalue weighted by atomic mass is 19.1. The first-order chi connectivity index (χ1) is 12.8. The topological polar surface area (TPSA) is 71.9 Å². The van der Waals surface area contributed by atoms with Gasteiger partial charge in [0.1, 0.15) is 11.5 Å². The summed E-state index contributed by atoms with van der Waals surface area (Å²) in [6, 6.07) is 7.94. The molecule has 7 heteroatoms. The third-order valence-corrected chi connectivity index (χ3v) is 4.34. The Balaban J connectivity index is 2.11. The monoisotopic (exact) mass is 372 g/mol. The summed E-state index contributed by atoms with van der Waals surface area (Å²) in [6.07, 6.45) is 0. The second-order valence-corrected chi connectivity index (χ2v) is 7.54. The zero-order valence-corrected chi connectivity index (χ0v) is 16.1. The van der Waals surface area contributed by atoms with Crippen molar-refractivity contribution in [2.24, 2.45) is 0 Å². The number of hydrogen-bond donors (Lipinski definition) is 2. The number of rotatable bonds is 6. The Labute approximate surface area is 157 Å². The summed E-state index contributed by atoms with van der Waals surface area (Å²) in [6.45, 7) is 7.91. The van der Waals surface area contributed by atoms with Gasteiger partial charge in [-0.05, 0) is 30.3 Å². The second-order valence-electron chi connectivity index (χ2n) is 7.54. The molecule has 3 aromatic rings. The SMILES string of the molecule is COCCNCc1cc2c(C(C)(C)C)nn(-c3ccc(F)cc3)c2[nH]c1=O. The number of H-pyrrole nitrogens is 1. The van der Waals surface area contributed by atoms with E-state index in [9.17, 15) is 9.18 Å². The fraction of sp³-hybridized carbons (Fsp3) is 0.400. The van der Waals surface area contributed by atoms with Gasteiger partial charge in [-0.1, -0.05) is 20.8 Å². The first-order valence-corrected chi connectivity index (χ1v) is 8.92. The maximum absolute atomic E-state index is 13.3. The molecular formula is C20H25FN4O2. The van der Waals surface area contributed by atoms with Gasteiger partial charge in [-0.3, -0.25) is 4.79 Å². The molecule has 0 atom stereocenters. The van der Waals surface area contributed by atoms with Gasteiger partial charge in [0.2, 0.25) is 0 Å². The lowest BCUT2D eigenvalue weighted by molar-refractivity contribution is 0.199. The number of aromatic amines is 1. The molecule has 3 rings (SSSR count). The lowest BCUT2D eigenvalue weighted by Crippen LogP contribution is -2.24. The van der Waals surface area contributed by atoms with Gasteiger partial charge in [0.15, 0.2) is 0 Å².